The number of rotatable bonds is 6. The molecule has 0 aliphatic rings. The van der Waals surface area contributed by atoms with Crippen LogP contribution >= 0.6 is 0 Å². The van der Waals surface area contributed by atoms with E-state index in [0.717, 1.165) is 25.5 Å². The van der Waals surface area contributed by atoms with Crippen molar-refractivity contribution in [1.82, 2.24) is 20.5 Å². The molecule has 0 spiro atoms. The lowest BCUT2D eigenvalue weighted by Crippen LogP contribution is -2.31. The van der Waals surface area contributed by atoms with E-state index in [4.69, 9.17) is 5.73 Å². The quantitative estimate of drug-likeness (QED) is 0.605. The maximum Gasteiger partial charge on any atom is 0.138 e. The fourth-order valence-electron chi connectivity index (χ4n) is 1.28. The van der Waals surface area contributed by atoms with Gasteiger partial charge in [-0.3, -0.25) is 5.10 Å². The van der Waals surface area contributed by atoms with E-state index in [2.05, 4.69) is 34.3 Å². The molecule has 0 saturated heterocycles. The Labute approximate surface area is 84.5 Å². The Hall–Kier alpha value is -0.940. The SMILES string of the molecule is CC(C)C(CN)CNCc1ncn[nH]1. The summed E-state index contributed by atoms with van der Waals surface area (Å²) in [6.45, 7) is 6.75. The van der Waals surface area contributed by atoms with E-state index >= 15 is 0 Å². The highest BCUT2D eigenvalue weighted by Gasteiger charge is 2.10. The Morgan fingerprint density at radius 3 is 2.86 bits per heavy atom. The zero-order valence-electron chi connectivity index (χ0n) is 8.83. The molecule has 5 heteroatoms. The van der Waals surface area contributed by atoms with Crippen LogP contribution in [-0.4, -0.2) is 28.3 Å². The normalized spacial score (nSPS) is 13.4. The Morgan fingerprint density at radius 2 is 2.36 bits per heavy atom. The van der Waals surface area contributed by atoms with Crippen LogP contribution in [0.4, 0.5) is 0 Å². The highest BCUT2D eigenvalue weighted by molar-refractivity contribution is 4.79. The van der Waals surface area contributed by atoms with Gasteiger partial charge in [-0.05, 0) is 24.9 Å². The molecule has 80 valence electrons. The maximum absolute atomic E-state index is 5.66. The fourth-order valence-corrected chi connectivity index (χ4v) is 1.28. The van der Waals surface area contributed by atoms with Crippen LogP contribution in [0.5, 0.6) is 0 Å². The van der Waals surface area contributed by atoms with Crippen LogP contribution in [0.3, 0.4) is 0 Å². The molecule has 0 saturated carbocycles. The summed E-state index contributed by atoms with van der Waals surface area (Å²) < 4.78 is 0. The first-order chi connectivity index (χ1) is 6.74. The number of nitrogens with two attached hydrogens (primary N) is 1. The van der Waals surface area contributed by atoms with Gasteiger partial charge >= 0.3 is 0 Å². The van der Waals surface area contributed by atoms with Crippen LogP contribution in [0.2, 0.25) is 0 Å². The van der Waals surface area contributed by atoms with Gasteiger partial charge in [-0.15, -0.1) is 0 Å². The van der Waals surface area contributed by atoms with Crippen molar-refractivity contribution >= 4 is 0 Å². The average molecular weight is 197 g/mol. The number of nitrogens with one attached hydrogen (secondary N) is 2. The second-order valence-corrected chi connectivity index (χ2v) is 3.80. The molecular formula is C9H19N5. The maximum atomic E-state index is 5.66. The summed E-state index contributed by atoms with van der Waals surface area (Å²) >= 11 is 0. The molecule has 0 bridgehead atoms. The third-order valence-electron chi connectivity index (χ3n) is 2.41. The largest absolute Gasteiger partial charge is 0.330 e. The summed E-state index contributed by atoms with van der Waals surface area (Å²) in [7, 11) is 0. The van der Waals surface area contributed by atoms with Gasteiger partial charge in [0.05, 0.1) is 6.54 Å². The van der Waals surface area contributed by atoms with E-state index in [0.29, 0.717) is 11.8 Å². The van der Waals surface area contributed by atoms with E-state index in [9.17, 15) is 0 Å². The minimum Gasteiger partial charge on any atom is -0.330 e. The summed E-state index contributed by atoms with van der Waals surface area (Å²) in [5.41, 5.74) is 5.66. The molecule has 1 atom stereocenters. The van der Waals surface area contributed by atoms with Crippen molar-refractivity contribution in [2.24, 2.45) is 17.6 Å². The molecule has 1 aromatic rings. The van der Waals surface area contributed by atoms with Gasteiger partial charge in [-0.2, -0.15) is 5.10 Å². The summed E-state index contributed by atoms with van der Waals surface area (Å²) in [5.74, 6) is 2.00. The van der Waals surface area contributed by atoms with E-state index in [-0.39, 0.29) is 0 Å². The van der Waals surface area contributed by atoms with Crippen molar-refractivity contribution in [2.45, 2.75) is 20.4 Å². The Morgan fingerprint density at radius 1 is 1.57 bits per heavy atom. The molecule has 0 amide bonds. The predicted molar refractivity (Wildman–Crippen MR) is 55.5 cm³/mol. The highest BCUT2D eigenvalue weighted by Crippen LogP contribution is 2.07. The number of aromatic nitrogens is 3. The summed E-state index contributed by atoms with van der Waals surface area (Å²) in [6, 6.07) is 0. The molecule has 0 radical (unpaired) electrons. The Bertz CT molecular complexity index is 231. The molecule has 4 N–H and O–H groups in total. The summed E-state index contributed by atoms with van der Waals surface area (Å²) in [4.78, 5) is 4.02. The van der Waals surface area contributed by atoms with Crippen molar-refractivity contribution in [2.75, 3.05) is 13.1 Å². The highest BCUT2D eigenvalue weighted by atomic mass is 15.2. The second-order valence-electron chi connectivity index (χ2n) is 3.80. The minimum atomic E-state index is 0.526. The first-order valence-electron chi connectivity index (χ1n) is 4.99. The molecule has 0 aromatic carbocycles. The van der Waals surface area contributed by atoms with Crippen molar-refractivity contribution in [3.05, 3.63) is 12.2 Å². The summed E-state index contributed by atoms with van der Waals surface area (Å²) in [6.07, 6.45) is 1.51. The van der Waals surface area contributed by atoms with Gasteiger partial charge in [-0.1, -0.05) is 13.8 Å². The third-order valence-corrected chi connectivity index (χ3v) is 2.41. The average Bonchev–Trinajstić information content (AvgIpc) is 2.64. The molecule has 5 nitrogen and oxygen atoms in total. The van der Waals surface area contributed by atoms with Gasteiger partial charge in [-0.25, -0.2) is 4.98 Å². The predicted octanol–water partition coefficient (Wildman–Crippen LogP) is 0.125. The number of aromatic amines is 1. The van der Waals surface area contributed by atoms with Crippen LogP contribution in [0.25, 0.3) is 0 Å². The van der Waals surface area contributed by atoms with Crippen LogP contribution < -0.4 is 11.1 Å². The first kappa shape index (κ1) is 11.1. The summed E-state index contributed by atoms with van der Waals surface area (Å²) in [5, 5.41) is 9.88. The van der Waals surface area contributed by atoms with Crippen molar-refractivity contribution in [3.8, 4) is 0 Å². The Balaban J connectivity index is 2.20. The van der Waals surface area contributed by atoms with Crippen LogP contribution in [0, 0.1) is 11.8 Å². The standard InChI is InChI=1S/C9H19N5/c1-7(2)8(3-10)4-11-5-9-12-6-13-14-9/h6-8,11H,3-5,10H2,1-2H3,(H,12,13,14). The second kappa shape index (κ2) is 5.72. The number of hydrogen-bond donors (Lipinski definition) is 3. The van der Waals surface area contributed by atoms with E-state index in [1.165, 1.54) is 6.33 Å². The lowest BCUT2D eigenvalue weighted by Gasteiger charge is -2.18. The van der Waals surface area contributed by atoms with Gasteiger partial charge in [0.2, 0.25) is 0 Å². The molecule has 1 heterocycles. The van der Waals surface area contributed by atoms with Gasteiger partial charge < -0.3 is 11.1 Å². The number of H-pyrrole nitrogens is 1. The van der Waals surface area contributed by atoms with Gasteiger partial charge in [0.1, 0.15) is 12.2 Å². The Kier molecular flexibility index (Phi) is 4.55. The van der Waals surface area contributed by atoms with Crippen molar-refractivity contribution in [1.29, 1.82) is 0 Å². The van der Waals surface area contributed by atoms with Crippen molar-refractivity contribution in [3.63, 3.8) is 0 Å². The van der Waals surface area contributed by atoms with Crippen molar-refractivity contribution < 1.29 is 0 Å². The van der Waals surface area contributed by atoms with E-state index < -0.39 is 0 Å². The number of hydrogen-bond acceptors (Lipinski definition) is 4. The first-order valence-corrected chi connectivity index (χ1v) is 4.99. The monoisotopic (exact) mass is 197 g/mol. The topological polar surface area (TPSA) is 79.6 Å². The minimum absolute atomic E-state index is 0.526. The molecule has 1 rings (SSSR count). The smallest absolute Gasteiger partial charge is 0.138 e. The van der Waals surface area contributed by atoms with Gasteiger partial charge in [0.25, 0.3) is 0 Å². The molecule has 1 unspecified atom stereocenters. The molecule has 1 aromatic heterocycles. The zero-order valence-corrected chi connectivity index (χ0v) is 8.83. The zero-order chi connectivity index (χ0) is 10.4. The fraction of sp³-hybridized carbons (Fsp3) is 0.778. The molecule has 0 aliphatic carbocycles. The lowest BCUT2D eigenvalue weighted by molar-refractivity contribution is 0.369. The van der Waals surface area contributed by atoms with Gasteiger partial charge in [0, 0.05) is 0 Å². The number of nitrogens with zero attached hydrogens (tertiary/aromatic N) is 2. The van der Waals surface area contributed by atoms with Crippen LogP contribution in [-0.2, 0) is 6.54 Å². The van der Waals surface area contributed by atoms with E-state index in [1.54, 1.807) is 0 Å². The molecule has 0 fully saturated rings. The molecular weight excluding hydrogens is 178 g/mol. The van der Waals surface area contributed by atoms with Crippen LogP contribution in [0.1, 0.15) is 19.7 Å². The lowest BCUT2D eigenvalue weighted by atomic mass is 9.96. The van der Waals surface area contributed by atoms with E-state index in [1.807, 2.05) is 0 Å². The molecule has 14 heavy (non-hydrogen) atoms. The molecule has 0 aliphatic heterocycles. The van der Waals surface area contributed by atoms with Crippen LogP contribution in [0.15, 0.2) is 6.33 Å². The third kappa shape index (κ3) is 3.43. The van der Waals surface area contributed by atoms with Gasteiger partial charge in [0.15, 0.2) is 0 Å².